The number of alkyl halides is 3. The van der Waals surface area contributed by atoms with Crippen LogP contribution in [0.1, 0.15) is 42.1 Å². The molecule has 0 bridgehead atoms. The standard InChI is InChI=1S/C13H16F3NO2/c1-2-3-4-5-19-12(18)9-6-10(13(14,15)16)8-11(17)7-9/h6-8H,2-5,17H2,1H3. The maximum absolute atomic E-state index is 12.6. The zero-order valence-electron chi connectivity index (χ0n) is 10.6. The van der Waals surface area contributed by atoms with E-state index < -0.39 is 17.7 Å². The molecule has 0 spiro atoms. The Hall–Kier alpha value is -1.72. The van der Waals surface area contributed by atoms with Gasteiger partial charge in [0.15, 0.2) is 0 Å². The molecule has 0 unspecified atom stereocenters. The molecule has 0 fully saturated rings. The number of nitrogens with two attached hydrogens (primary N) is 1. The van der Waals surface area contributed by atoms with Crippen LogP contribution >= 0.6 is 0 Å². The van der Waals surface area contributed by atoms with E-state index in [1.54, 1.807) is 0 Å². The third kappa shape index (κ3) is 4.81. The summed E-state index contributed by atoms with van der Waals surface area (Å²) >= 11 is 0. The average Bonchev–Trinajstić information content (AvgIpc) is 2.32. The molecule has 2 N–H and O–H groups in total. The Kier molecular flexibility index (Phi) is 5.20. The van der Waals surface area contributed by atoms with Crippen molar-refractivity contribution in [1.29, 1.82) is 0 Å². The highest BCUT2D eigenvalue weighted by Gasteiger charge is 2.31. The smallest absolute Gasteiger partial charge is 0.416 e. The van der Waals surface area contributed by atoms with Crippen molar-refractivity contribution < 1.29 is 22.7 Å². The highest BCUT2D eigenvalue weighted by atomic mass is 19.4. The van der Waals surface area contributed by atoms with Crippen molar-refractivity contribution in [2.45, 2.75) is 32.4 Å². The van der Waals surface area contributed by atoms with Crippen molar-refractivity contribution in [3.05, 3.63) is 29.3 Å². The monoisotopic (exact) mass is 275 g/mol. The first kappa shape index (κ1) is 15.3. The maximum atomic E-state index is 12.6. The predicted octanol–water partition coefficient (Wildman–Crippen LogP) is 3.63. The molecule has 0 atom stereocenters. The summed E-state index contributed by atoms with van der Waals surface area (Å²) in [4.78, 5) is 11.6. The van der Waals surface area contributed by atoms with Crippen LogP contribution in [0.2, 0.25) is 0 Å². The predicted molar refractivity (Wildman–Crippen MR) is 65.7 cm³/mol. The van der Waals surface area contributed by atoms with Crippen LogP contribution in [-0.2, 0) is 10.9 Å². The number of carbonyl (C=O) groups is 1. The number of hydrogen-bond donors (Lipinski definition) is 1. The SMILES string of the molecule is CCCCCOC(=O)c1cc(N)cc(C(F)(F)F)c1. The third-order valence-corrected chi connectivity index (χ3v) is 2.50. The molecule has 0 aliphatic heterocycles. The van der Waals surface area contributed by atoms with Crippen LogP contribution in [0.3, 0.4) is 0 Å². The Bertz CT molecular complexity index is 444. The Morgan fingerprint density at radius 1 is 1.26 bits per heavy atom. The number of rotatable bonds is 5. The first-order chi connectivity index (χ1) is 8.84. The number of halogens is 3. The van der Waals surface area contributed by atoms with E-state index in [9.17, 15) is 18.0 Å². The van der Waals surface area contributed by atoms with E-state index >= 15 is 0 Å². The van der Waals surface area contributed by atoms with Crippen molar-refractivity contribution in [2.24, 2.45) is 0 Å². The summed E-state index contributed by atoms with van der Waals surface area (Å²) in [6.45, 7) is 2.19. The maximum Gasteiger partial charge on any atom is 0.416 e. The van der Waals surface area contributed by atoms with E-state index in [4.69, 9.17) is 10.5 Å². The summed E-state index contributed by atoms with van der Waals surface area (Å²) in [5.41, 5.74) is 4.12. The van der Waals surface area contributed by atoms with Gasteiger partial charge < -0.3 is 10.5 Å². The highest BCUT2D eigenvalue weighted by Crippen LogP contribution is 2.31. The molecule has 6 heteroatoms. The fourth-order valence-electron chi connectivity index (χ4n) is 1.53. The number of nitrogen functional groups attached to an aromatic ring is 1. The normalized spacial score (nSPS) is 11.4. The van der Waals surface area contributed by atoms with Crippen molar-refractivity contribution in [3.63, 3.8) is 0 Å². The number of carbonyl (C=O) groups excluding carboxylic acids is 1. The number of benzene rings is 1. The highest BCUT2D eigenvalue weighted by molar-refractivity contribution is 5.90. The topological polar surface area (TPSA) is 52.3 Å². The minimum atomic E-state index is -4.54. The van der Waals surface area contributed by atoms with Gasteiger partial charge in [0, 0.05) is 5.69 Å². The van der Waals surface area contributed by atoms with Crippen molar-refractivity contribution in [2.75, 3.05) is 12.3 Å². The molecule has 0 heterocycles. The minimum Gasteiger partial charge on any atom is -0.462 e. The molecule has 0 aliphatic rings. The summed E-state index contributed by atoms with van der Waals surface area (Å²) in [5.74, 6) is -0.783. The summed E-state index contributed by atoms with van der Waals surface area (Å²) in [6.07, 6.45) is -1.98. The van der Waals surface area contributed by atoms with E-state index in [0.717, 1.165) is 25.0 Å². The van der Waals surface area contributed by atoms with Crippen LogP contribution in [-0.4, -0.2) is 12.6 Å². The lowest BCUT2D eigenvalue weighted by atomic mass is 10.1. The van der Waals surface area contributed by atoms with E-state index in [0.29, 0.717) is 6.42 Å². The van der Waals surface area contributed by atoms with E-state index in [1.807, 2.05) is 6.92 Å². The molecular formula is C13H16F3NO2. The average molecular weight is 275 g/mol. The summed E-state index contributed by atoms with van der Waals surface area (Å²) in [7, 11) is 0. The van der Waals surface area contributed by atoms with Gasteiger partial charge in [0.2, 0.25) is 0 Å². The van der Waals surface area contributed by atoms with Gasteiger partial charge in [-0.25, -0.2) is 4.79 Å². The van der Waals surface area contributed by atoms with E-state index in [-0.39, 0.29) is 17.9 Å². The molecule has 3 nitrogen and oxygen atoms in total. The van der Waals surface area contributed by atoms with Crippen LogP contribution in [0, 0.1) is 0 Å². The van der Waals surface area contributed by atoms with E-state index in [2.05, 4.69) is 0 Å². The van der Waals surface area contributed by atoms with Gasteiger partial charge in [-0.2, -0.15) is 13.2 Å². The van der Waals surface area contributed by atoms with Gasteiger partial charge in [-0.1, -0.05) is 19.8 Å². The zero-order valence-corrected chi connectivity index (χ0v) is 10.6. The molecule has 1 aromatic carbocycles. The molecule has 0 saturated carbocycles. The van der Waals surface area contributed by atoms with Gasteiger partial charge in [-0.05, 0) is 24.6 Å². The van der Waals surface area contributed by atoms with Gasteiger partial charge >= 0.3 is 12.1 Å². The number of esters is 1. The minimum absolute atomic E-state index is 0.115. The Morgan fingerprint density at radius 2 is 1.95 bits per heavy atom. The molecular weight excluding hydrogens is 259 g/mol. The van der Waals surface area contributed by atoms with Gasteiger partial charge in [-0.15, -0.1) is 0 Å². The van der Waals surface area contributed by atoms with Gasteiger partial charge in [0.05, 0.1) is 17.7 Å². The molecule has 1 rings (SSSR count). The Labute approximate surface area is 109 Å². The van der Waals surface area contributed by atoms with Crippen LogP contribution in [0.5, 0.6) is 0 Å². The third-order valence-electron chi connectivity index (χ3n) is 2.50. The van der Waals surface area contributed by atoms with Crippen LogP contribution < -0.4 is 5.73 Å². The second kappa shape index (κ2) is 6.45. The number of unbranched alkanes of at least 4 members (excludes halogenated alkanes) is 2. The molecule has 19 heavy (non-hydrogen) atoms. The van der Waals surface area contributed by atoms with Crippen molar-refractivity contribution >= 4 is 11.7 Å². The van der Waals surface area contributed by atoms with Crippen molar-refractivity contribution in [1.82, 2.24) is 0 Å². The number of ether oxygens (including phenoxy) is 1. The largest absolute Gasteiger partial charge is 0.462 e. The lowest BCUT2D eigenvalue weighted by Crippen LogP contribution is -2.11. The molecule has 0 aromatic heterocycles. The first-order valence-electron chi connectivity index (χ1n) is 5.99. The zero-order chi connectivity index (χ0) is 14.5. The molecule has 0 aliphatic carbocycles. The fraction of sp³-hybridized carbons (Fsp3) is 0.462. The molecule has 106 valence electrons. The second-order valence-electron chi connectivity index (χ2n) is 4.18. The molecule has 0 amide bonds. The number of hydrogen-bond acceptors (Lipinski definition) is 3. The molecule has 0 saturated heterocycles. The second-order valence-corrected chi connectivity index (χ2v) is 4.18. The van der Waals surface area contributed by atoms with Crippen LogP contribution in [0.25, 0.3) is 0 Å². The summed E-state index contributed by atoms with van der Waals surface area (Å²) in [5, 5.41) is 0. The first-order valence-corrected chi connectivity index (χ1v) is 5.99. The lowest BCUT2D eigenvalue weighted by molar-refractivity contribution is -0.137. The quantitative estimate of drug-likeness (QED) is 0.507. The Balaban J connectivity index is 2.77. The van der Waals surface area contributed by atoms with Gasteiger partial charge in [-0.3, -0.25) is 0 Å². The fourth-order valence-corrected chi connectivity index (χ4v) is 1.53. The van der Waals surface area contributed by atoms with Gasteiger partial charge in [0.1, 0.15) is 0 Å². The number of anilines is 1. The summed E-state index contributed by atoms with van der Waals surface area (Å²) < 4.78 is 42.6. The van der Waals surface area contributed by atoms with E-state index in [1.165, 1.54) is 6.07 Å². The summed E-state index contributed by atoms with van der Waals surface area (Å²) in [6, 6.07) is 2.71. The molecule has 1 aromatic rings. The van der Waals surface area contributed by atoms with Crippen molar-refractivity contribution in [3.8, 4) is 0 Å². The lowest BCUT2D eigenvalue weighted by Gasteiger charge is -2.10. The molecule has 0 radical (unpaired) electrons. The van der Waals surface area contributed by atoms with Crippen LogP contribution in [0.15, 0.2) is 18.2 Å². The van der Waals surface area contributed by atoms with Gasteiger partial charge in [0.25, 0.3) is 0 Å². The Morgan fingerprint density at radius 3 is 2.53 bits per heavy atom. The van der Waals surface area contributed by atoms with Crippen LogP contribution in [0.4, 0.5) is 18.9 Å².